The van der Waals surface area contributed by atoms with Crippen LogP contribution in [0.3, 0.4) is 0 Å². The van der Waals surface area contributed by atoms with E-state index in [1.807, 2.05) is 4.90 Å². The van der Waals surface area contributed by atoms with Crippen molar-refractivity contribution in [2.24, 2.45) is 9.98 Å². The predicted molar refractivity (Wildman–Crippen MR) is 58.9 cm³/mol. The molecule has 4 nitrogen and oxygen atoms in total. The van der Waals surface area contributed by atoms with Crippen molar-refractivity contribution in [2.75, 3.05) is 26.3 Å². The molecule has 5 heteroatoms. The van der Waals surface area contributed by atoms with Crippen molar-refractivity contribution in [3.05, 3.63) is 12.4 Å². The molecule has 0 saturated carbocycles. The molecule has 0 unspecified atom stereocenters. The quantitative estimate of drug-likeness (QED) is 0.516. The van der Waals surface area contributed by atoms with Crippen LogP contribution in [0.15, 0.2) is 22.4 Å². The molecule has 0 spiro atoms. The van der Waals surface area contributed by atoms with E-state index >= 15 is 0 Å². The monoisotopic (exact) mass is 213 g/mol. The first-order chi connectivity index (χ1) is 7.09. The summed E-state index contributed by atoms with van der Waals surface area (Å²) in [6, 6.07) is 0. The molecule has 0 radical (unpaired) electrons. The van der Waals surface area contributed by atoms with Crippen LogP contribution in [0.1, 0.15) is 13.8 Å². The van der Waals surface area contributed by atoms with Gasteiger partial charge in [-0.2, -0.15) is 4.39 Å². The van der Waals surface area contributed by atoms with E-state index in [0.717, 1.165) is 13.1 Å². The van der Waals surface area contributed by atoms with Crippen LogP contribution in [0.2, 0.25) is 0 Å². The molecular formula is C10H16FN3O. The Morgan fingerprint density at radius 2 is 1.87 bits per heavy atom. The Hall–Kier alpha value is -1.23. The average molecular weight is 213 g/mol. The van der Waals surface area contributed by atoms with Crippen LogP contribution in [-0.4, -0.2) is 43.0 Å². The first-order valence-corrected chi connectivity index (χ1v) is 4.87. The van der Waals surface area contributed by atoms with Gasteiger partial charge in [0.05, 0.1) is 13.2 Å². The van der Waals surface area contributed by atoms with Gasteiger partial charge >= 0.3 is 0 Å². The summed E-state index contributed by atoms with van der Waals surface area (Å²) in [7, 11) is 0. The van der Waals surface area contributed by atoms with Crippen LogP contribution in [0.5, 0.6) is 0 Å². The highest BCUT2D eigenvalue weighted by Crippen LogP contribution is 2.07. The highest BCUT2D eigenvalue weighted by atomic mass is 19.1. The summed E-state index contributed by atoms with van der Waals surface area (Å²) < 4.78 is 17.7. The zero-order chi connectivity index (χ0) is 11.3. The highest BCUT2D eigenvalue weighted by Gasteiger charge is 2.11. The van der Waals surface area contributed by atoms with E-state index in [9.17, 15) is 4.39 Å². The van der Waals surface area contributed by atoms with Crippen molar-refractivity contribution >= 4 is 11.8 Å². The average Bonchev–Trinajstić information content (AvgIpc) is 2.17. The molecule has 1 fully saturated rings. The lowest BCUT2D eigenvalue weighted by Crippen LogP contribution is -2.34. The molecule has 15 heavy (non-hydrogen) atoms. The summed E-state index contributed by atoms with van der Waals surface area (Å²) in [5.41, 5.74) is 0. The van der Waals surface area contributed by atoms with Crippen molar-refractivity contribution < 1.29 is 9.13 Å². The van der Waals surface area contributed by atoms with Gasteiger partial charge in [-0.1, -0.05) is 6.58 Å². The van der Waals surface area contributed by atoms with Gasteiger partial charge in [0.25, 0.3) is 0 Å². The molecule has 0 aliphatic carbocycles. The first-order valence-electron chi connectivity index (χ1n) is 4.87. The molecule has 0 aromatic heterocycles. The number of morpholine rings is 1. The predicted octanol–water partition coefficient (Wildman–Crippen LogP) is 1.60. The van der Waals surface area contributed by atoms with Crippen LogP contribution in [0, 0.1) is 0 Å². The lowest BCUT2D eigenvalue weighted by Gasteiger charge is -2.28. The lowest BCUT2D eigenvalue weighted by molar-refractivity contribution is 0.0534. The topological polar surface area (TPSA) is 37.2 Å². The molecule has 0 bridgehead atoms. The molecule has 1 aliphatic rings. The van der Waals surface area contributed by atoms with Gasteiger partial charge < -0.3 is 9.64 Å². The van der Waals surface area contributed by atoms with E-state index in [1.165, 1.54) is 6.92 Å². The van der Waals surface area contributed by atoms with Gasteiger partial charge in [-0.05, 0) is 6.92 Å². The third kappa shape index (κ3) is 4.20. The fourth-order valence-electron chi connectivity index (χ4n) is 1.33. The maximum atomic E-state index is 12.5. The normalized spacial score (nSPS) is 19.3. The SMILES string of the molecule is C=C(/N=C(/C)N=C(C)F)N1CCOCC1. The number of hydrogen-bond donors (Lipinski definition) is 0. The Morgan fingerprint density at radius 1 is 1.27 bits per heavy atom. The number of hydrogen-bond acceptors (Lipinski definition) is 3. The summed E-state index contributed by atoms with van der Waals surface area (Å²) >= 11 is 0. The summed E-state index contributed by atoms with van der Waals surface area (Å²) in [5, 5.41) is 0. The number of ether oxygens (including phenoxy) is 1. The Kier molecular flexibility index (Phi) is 4.42. The van der Waals surface area contributed by atoms with E-state index in [-0.39, 0.29) is 0 Å². The second kappa shape index (κ2) is 5.60. The van der Waals surface area contributed by atoms with Gasteiger partial charge in [0.15, 0.2) is 5.97 Å². The van der Waals surface area contributed by atoms with Crippen molar-refractivity contribution in [1.82, 2.24) is 4.90 Å². The molecule has 0 N–H and O–H groups in total. The van der Waals surface area contributed by atoms with Crippen molar-refractivity contribution in [3.63, 3.8) is 0 Å². The van der Waals surface area contributed by atoms with Crippen LogP contribution < -0.4 is 0 Å². The maximum Gasteiger partial charge on any atom is 0.187 e. The Labute approximate surface area is 89.2 Å². The minimum Gasteiger partial charge on any atom is -0.378 e. The highest BCUT2D eigenvalue weighted by molar-refractivity contribution is 5.92. The second-order valence-electron chi connectivity index (χ2n) is 3.28. The molecule has 0 atom stereocenters. The van der Waals surface area contributed by atoms with Crippen molar-refractivity contribution in [1.29, 1.82) is 0 Å². The van der Waals surface area contributed by atoms with E-state index in [2.05, 4.69) is 16.6 Å². The van der Waals surface area contributed by atoms with Crippen molar-refractivity contribution in [2.45, 2.75) is 13.8 Å². The van der Waals surface area contributed by atoms with Gasteiger partial charge in [-0.25, -0.2) is 9.98 Å². The van der Waals surface area contributed by atoms with E-state index in [4.69, 9.17) is 4.74 Å². The number of aliphatic imine (C=N–C) groups is 2. The minimum atomic E-state index is -0.494. The van der Waals surface area contributed by atoms with Gasteiger partial charge in [0.1, 0.15) is 11.7 Å². The third-order valence-corrected chi connectivity index (χ3v) is 1.98. The first kappa shape index (κ1) is 11.8. The Balaban J connectivity index is 2.56. The van der Waals surface area contributed by atoms with Gasteiger partial charge in [0.2, 0.25) is 0 Å². The maximum absolute atomic E-state index is 12.5. The molecule has 1 rings (SSSR count). The minimum absolute atomic E-state index is 0.381. The number of amidine groups is 1. The molecule has 1 aliphatic heterocycles. The van der Waals surface area contributed by atoms with E-state index in [0.29, 0.717) is 24.9 Å². The van der Waals surface area contributed by atoms with Crippen LogP contribution in [0.25, 0.3) is 0 Å². The van der Waals surface area contributed by atoms with Crippen molar-refractivity contribution in [3.8, 4) is 0 Å². The molecule has 0 aromatic carbocycles. The van der Waals surface area contributed by atoms with Crippen LogP contribution >= 0.6 is 0 Å². The molecule has 0 amide bonds. The van der Waals surface area contributed by atoms with Crippen LogP contribution in [0.4, 0.5) is 4.39 Å². The second-order valence-corrected chi connectivity index (χ2v) is 3.28. The largest absolute Gasteiger partial charge is 0.378 e. The van der Waals surface area contributed by atoms with E-state index in [1.54, 1.807) is 6.92 Å². The van der Waals surface area contributed by atoms with Crippen LogP contribution in [-0.2, 0) is 4.74 Å². The summed E-state index contributed by atoms with van der Waals surface area (Å²) in [6.45, 7) is 9.66. The fraction of sp³-hybridized carbons (Fsp3) is 0.600. The molecular weight excluding hydrogens is 197 g/mol. The molecule has 0 aromatic rings. The van der Waals surface area contributed by atoms with Gasteiger partial charge in [-0.3, -0.25) is 0 Å². The number of nitrogens with zero attached hydrogens (tertiary/aromatic N) is 3. The Bertz CT molecular complexity index is 289. The Morgan fingerprint density at radius 3 is 2.40 bits per heavy atom. The lowest BCUT2D eigenvalue weighted by atomic mass is 10.4. The smallest absolute Gasteiger partial charge is 0.187 e. The van der Waals surface area contributed by atoms with Gasteiger partial charge in [-0.15, -0.1) is 0 Å². The standard InChI is InChI=1S/C10H16FN3O/c1-8(11)12-9(2)13-10(3)14-4-6-15-7-5-14/h3-7H2,1-2H3/b12-8?,13-9-. The number of halogens is 1. The summed E-state index contributed by atoms with van der Waals surface area (Å²) in [6.07, 6.45) is 0. The van der Waals surface area contributed by atoms with E-state index < -0.39 is 5.97 Å². The zero-order valence-electron chi connectivity index (χ0n) is 9.16. The summed E-state index contributed by atoms with van der Waals surface area (Å²) in [5.74, 6) is 0.498. The molecule has 1 saturated heterocycles. The van der Waals surface area contributed by atoms with Gasteiger partial charge in [0, 0.05) is 20.0 Å². The molecule has 1 heterocycles. The third-order valence-electron chi connectivity index (χ3n) is 1.98. The number of rotatable bonds is 2. The fourth-order valence-corrected chi connectivity index (χ4v) is 1.33. The zero-order valence-corrected chi connectivity index (χ0v) is 9.16. The summed E-state index contributed by atoms with van der Waals surface area (Å²) in [4.78, 5) is 9.70. The molecule has 84 valence electrons.